The molecule has 1 spiro atoms. The van der Waals surface area contributed by atoms with Crippen molar-refractivity contribution in [2.75, 3.05) is 6.54 Å². The average Bonchev–Trinajstić information content (AvgIpc) is 2.79. The summed E-state index contributed by atoms with van der Waals surface area (Å²) in [5, 5.41) is 2.94. The first-order valence-electron chi connectivity index (χ1n) is 7.23. The standard InChI is InChI=1S/C16H19N3O2/c1-11(2)19-10-16(8-14(19)17-3)15(20)18-9-12-6-4-5-7-13(12)21-16/h4-7,11,14H,8-10H2,1-2H3,(H,18,20). The van der Waals surface area contributed by atoms with Crippen molar-refractivity contribution in [3.63, 3.8) is 0 Å². The molecule has 0 saturated carbocycles. The van der Waals surface area contributed by atoms with Crippen LogP contribution in [-0.4, -0.2) is 35.2 Å². The molecule has 2 unspecified atom stereocenters. The molecular formula is C16H19N3O2. The van der Waals surface area contributed by atoms with Crippen LogP contribution in [-0.2, 0) is 11.3 Å². The highest BCUT2D eigenvalue weighted by atomic mass is 16.5. The Hall–Kier alpha value is -2.06. The highest BCUT2D eigenvalue weighted by Gasteiger charge is 2.56. The highest BCUT2D eigenvalue weighted by molar-refractivity contribution is 5.87. The van der Waals surface area contributed by atoms with E-state index < -0.39 is 5.60 Å². The smallest absolute Gasteiger partial charge is 0.284 e. The summed E-state index contributed by atoms with van der Waals surface area (Å²) >= 11 is 0. The van der Waals surface area contributed by atoms with Crippen LogP contribution >= 0.6 is 0 Å². The molecule has 21 heavy (non-hydrogen) atoms. The van der Waals surface area contributed by atoms with Gasteiger partial charge in [-0.05, 0) is 19.9 Å². The van der Waals surface area contributed by atoms with Gasteiger partial charge in [-0.2, -0.15) is 0 Å². The van der Waals surface area contributed by atoms with Crippen LogP contribution in [0.15, 0.2) is 24.3 Å². The molecule has 2 aliphatic heterocycles. The zero-order valence-electron chi connectivity index (χ0n) is 12.3. The van der Waals surface area contributed by atoms with Gasteiger partial charge < -0.3 is 10.1 Å². The zero-order chi connectivity index (χ0) is 15.0. The molecular weight excluding hydrogens is 266 g/mol. The van der Waals surface area contributed by atoms with Crippen LogP contribution in [0.4, 0.5) is 0 Å². The SMILES string of the molecule is [C-]#[N+]C1CC2(CN1C(C)C)Oc1ccccc1CNC2=O. The minimum absolute atomic E-state index is 0.115. The topological polar surface area (TPSA) is 45.9 Å². The molecule has 1 N–H and O–H groups in total. The van der Waals surface area contributed by atoms with Gasteiger partial charge in [-0.3, -0.25) is 9.64 Å². The predicted molar refractivity (Wildman–Crippen MR) is 78.5 cm³/mol. The number of hydrogen-bond donors (Lipinski definition) is 1. The van der Waals surface area contributed by atoms with Crippen LogP contribution in [0.25, 0.3) is 4.85 Å². The Bertz CT molecular complexity index is 608. The first-order chi connectivity index (χ1) is 10.1. The average molecular weight is 285 g/mol. The van der Waals surface area contributed by atoms with Gasteiger partial charge in [0.2, 0.25) is 5.60 Å². The second kappa shape index (κ2) is 5.05. The summed E-state index contributed by atoms with van der Waals surface area (Å²) < 4.78 is 6.13. The number of fused-ring (bicyclic) bond motifs is 1. The Kier molecular flexibility index (Phi) is 3.34. The fourth-order valence-electron chi connectivity index (χ4n) is 3.10. The summed E-state index contributed by atoms with van der Waals surface area (Å²) in [5.74, 6) is 0.626. The summed E-state index contributed by atoms with van der Waals surface area (Å²) in [6.07, 6.45) is 0.107. The summed E-state index contributed by atoms with van der Waals surface area (Å²) in [6.45, 7) is 12.4. The molecule has 110 valence electrons. The van der Waals surface area contributed by atoms with Crippen LogP contribution < -0.4 is 10.1 Å². The number of amides is 1. The van der Waals surface area contributed by atoms with E-state index >= 15 is 0 Å². The van der Waals surface area contributed by atoms with Crippen LogP contribution in [0.2, 0.25) is 0 Å². The third kappa shape index (κ3) is 2.26. The summed E-state index contributed by atoms with van der Waals surface area (Å²) in [7, 11) is 0. The molecule has 1 amide bonds. The van der Waals surface area contributed by atoms with E-state index in [9.17, 15) is 4.79 Å². The Morgan fingerprint density at radius 1 is 1.48 bits per heavy atom. The summed E-state index contributed by atoms with van der Waals surface area (Å²) in [4.78, 5) is 18.3. The number of hydrogen-bond acceptors (Lipinski definition) is 3. The molecule has 1 fully saturated rings. The maximum absolute atomic E-state index is 12.6. The molecule has 2 aliphatic rings. The second-order valence-electron chi connectivity index (χ2n) is 5.97. The zero-order valence-corrected chi connectivity index (χ0v) is 12.3. The number of nitrogens with zero attached hydrogens (tertiary/aromatic N) is 2. The minimum atomic E-state index is -0.952. The first kappa shape index (κ1) is 13.9. The fraction of sp³-hybridized carbons (Fsp3) is 0.500. The molecule has 2 heterocycles. The number of nitrogens with one attached hydrogen (secondary N) is 1. The lowest BCUT2D eigenvalue weighted by Crippen LogP contribution is -2.52. The van der Waals surface area contributed by atoms with Crippen LogP contribution in [0.3, 0.4) is 0 Å². The largest absolute Gasteiger partial charge is 0.475 e. The summed E-state index contributed by atoms with van der Waals surface area (Å²) in [6, 6.07) is 7.89. The van der Waals surface area contributed by atoms with Gasteiger partial charge in [-0.25, -0.2) is 11.5 Å². The minimum Gasteiger partial charge on any atom is -0.475 e. The number of para-hydroxylation sites is 1. The molecule has 1 aromatic carbocycles. The molecule has 0 radical (unpaired) electrons. The lowest BCUT2D eigenvalue weighted by molar-refractivity contribution is -0.135. The van der Waals surface area contributed by atoms with Crippen molar-refractivity contribution in [3.05, 3.63) is 41.2 Å². The highest BCUT2D eigenvalue weighted by Crippen LogP contribution is 2.37. The van der Waals surface area contributed by atoms with Gasteiger partial charge in [-0.1, -0.05) is 18.2 Å². The van der Waals surface area contributed by atoms with Crippen molar-refractivity contribution >= 4 is 5.91 Å². The van der Waals surface area contributed by atoms with Gasteiger partial charge in [0.05, 0.1) is 13.0 Å². The molecule has 0 aromatic heterocycles. The molecule has 0 aliphatic carbocycles. The van der Waals surface area contributed by atoms with Gasteiger partial charge in [0, 0.05) is 18.2 Å². The molecule has 1 saturated heterocycles. The van der Waals surface area contributed by atoms with Crippen molar-refractivity contribution in [1.29, 1.82) is 0 Å². The maximum atomic E-state index is 12.6. The number of ether oxygens (including phenoxy) is 1. The molecule has 1 aromatic rings. The summed E-state index contributed by atoms with van der Waals surface area (Å²) in [5.41, 5.74) is 0.0246. The third-order valence-corrected chi connectivity index (χ3v) is 4.28. The lowest BCUT2D eigenvalue weighted by Gasteiger charge is -2.27. The van der Waals surface area contributed by atoms with E-state index in [4.69, 9.17) is 11.3 Å². The third-order valence-electron chi connectivity index (χ3n) is 4.28. The van der Waals surface area contributed by atoms with Gasteiger partial charge in [0.15, 0.2) is 0 Å². The molecule has 5 heteroatoms. The van der Waals surface area contributed by atoms with Crippen molar-refractivity contribution in [2.45, 2.75) is 44.6 Å². The second-order valence-corrected chi connectivity index (χ2v) is 5.97. The number of benzene rings is 1. The lowest BCUT2D eigenvalue weighted by atomic mass is 10.0. The van der Waals surface area contributed by atoms with Crippen molar-refractivity contribution < 1.29 is 9.53 Å². The molecule has 5 nitrogen and oxygen atoms in total. The maximum Gasteiger partial charge on any atom is 0.284 e. The monoisotopic (exact) mass is 285 g/mol. The number of likely N-dealkylation sites (tertiary alicyclic amines) is 1. The molecule has 0 bridgehead atoms. The van der Waals surface area contributed by atoms with Crippen molar-refractivity contribution in [2.24, 2.45) is 0 Å². The molecule has 3 rings (SSSR count). The Labute approximate surface area is 124 Å². The van der Waals surface area contributed by atoms with Gasteiger partial charge in [0.1, 0.15) is 5.75 Å². The Morgan fingerprint density at radius 2 is 2.24 bits per heavy atom. The van der Waals surface area contributed by atoms with Crippen LogP contribution in [0, 0.1) is 6.57 Å². The van der Waals surface area contributed by atoms with E-state index in [1.54, 1.807) is 0 Å². The normalized spacial score (nSPS) is 28.7. The van der Waals surface area contributed by atoms with Gasteiger partial charge >= 0.3 is 0 Å². The van der Waals surface area contributed by atoms with E-state index in [0.29, 0.717) is 19.5 Å². The van der Waals surface area contributed by atoms with E-state index in [1.807, 2.05) is 43.0 Å². The Morgan fingerprint density at radius 3 is 2.90 bits per heavy atom. The fourth-order valence-corrected chi connectivity index (χ4v) is 3.10. The Balaban J connectivity index is 1.97. The van der Waals surface area contributed by atoms with E-state index in [2.05, 4.69) is 10.2 Å². The van der Waals surface area contributed by atoms with E-state index in [-0.39, 0.29) is 18.1 Å². The van der Waals surface area contributed by atoms with Crippen molar-refractivity contribution in [3.8, 4) is 5.75 Å². The number of carbonyl (C=O) groups excluding carboxylic acids is 1. The van der Waals surface area contributed by atoms with Gasteiger partial charge in [-0.15, -0.1) is 0 Å². The van der Waals surface area contributed by atoms with Gasteiger partial charge in [0.25, 0.3) is 12.1 Å². The quantitative estimate of drug-likeness (QED) is 0.800. The number of carbonyl (C=O) groups is 1. The van der Waals surface area contributed by atoms with Crippen LogP contribution in [0.1, 0.15) is 25.8 Å². The number of rotatable bonds is 1. The predicted octanol–water partition coefficient (Wildman–Crippen LogP) is 1.79. The van der Waals surface area contributed by atoms with Crippen LogP contribution in [0.5, 0.6) is 5.75 Å². The van der Waals surface area contributed by atoms with E-state index in [1.165, 1.54) is 0 Å². The van der Waals surface area contributed by atoms with E-state index in [0.717, 1.165) is 11.3 Å². The molecule has 2 atom stereocenters. The first-order valence-corrected chi connectivity index (χ1v) is 7.23. The van der Waals surface area contributed by atoms with Crippen molar-refractivity contribution in [1.82, 2.24) is 10.2 Å².